The van der Waals surface area contributed by atoms with Crippen molar-refractivity contribution >= 4 is 0 Å². The van der Waals surface area contributed by atoms with Crippen LogP contribution in [0.1, 0.15) is 36.9 Å². The smallest absolute Gasteiger partial charge is 0.248 e. The SMILES string of the molecule is Cc1ncccc1C1(CN)CCC(F)(F)CC1. The molecule has 2 rings (SSSR count). The van der Waals surface area contributed by atoms with E-state index in [0.29, 0.717) is 19.4 Å². The molecule has 0 radical (unpaired) electrons. The van der Waals surface area contributed by atoms with Crippen LogP contribution in [0.15, 0.2) is 18.3 Å². The molecule has 0 bridgehead atoms. The molecule has 0 aromatic carbocycles. The van der Waals surface area contributed by atoms with E-state index in [1.54, 1.807) is 6.20 Å². The highest BCUT2D eigenvalue weighted by atomic mass is 19.3. The summed E-state index contributed by atoms with van der Waals surface area (Å²) >= 11 is 0. The predicted molar refractivity (Wildman–Crippen MR) is 63.1 cm³/mol. The molecule has 1 heterocycles. The molecule has 1 aliphatic carbocycles. The van der Waals surface area contributed by atoms with Gasteiger partial charge in [-0.2, -0.15) is 0 Å². The summed E-state index contributed by atoms with van der Waals surface area (Å²) < 4.78 is 26.5. The summed E-state index contributed by atoms with van der Waals surface area (Å²) in [5.41, 5.74) is 7.50. The van der Waals surface area contributed by atoms with Gasteiger partial charge >= 0.3 is 0 Å². The third-order valence-corrected chi connectivity index (χ3v) is 3.91. The average Bonchev–Trinajstić information content (AvgIpc) is 2.31. The molecule has 1 aliphatic rings. The lowest BCUT2D eigenvalue weighted by Crippen LogP contribution is -2.42. The number of nitrogens with zero attached hydrogens (tertiary/aromatic N) is 1. The Morgan fingerprint density at radius 2 is 1.94 bits per heavy atom. The van der Waals surface area contributed by atoms with Crippen LogP contribution in [0.5, 0.6) is 0 Å². The molecule has 17 heavy (non-hydrogen) atoms. The van der Waals surface area contributed by atoms with Crippen LogP contribution in [0.2, 0.25) is 0 Å². The van der Waals surface area contributed by atoms with Crippen molar-refractivity contribution in [2.45, 2.75) is 43.9 Å². The first-order valence-corrected chi connectivity index (χ1v) is 5.99. The largest absolute Gasteiger partial charge is 0.330 e. The van der Waals surface area contributed by atoms with Crippen molar-refractivity contribution in [3.05, 3.63) is 29.6 Å². The van der Waals surface area contributed by atoms with Gasteiger partial charge in [-0.1, -0.05) is 6.07 Å². The quantitative estimate of drug-likeness (QED) is 0.863. The van der Waals surface area contributed by atoms with E-state index < -0.39 is 5.92 Å². The Kier molecular flexibility index (Phi) is 3.17. The summed E-state index contributed by atoms with van der Waals surface area (Å²) in [7, 11) is 0. The number of aryl methyl sites for hydroxylation is 1. The number of halogens is 2. The molecule has 0 spiro atoms. The number of rotatable bonds is 2. The zero-order chi connectivity index (χ0) is 12.5. The van der Waals surface area contributed by atoms with E-state index in [2.05, 4.69) is 4.98 Å². The highest BCUT2D eigenvalue weighted by molar-refractivity contribution is 5.30. The zero-order valence-electron chi connectivity index (χ0n) is 10.0. The van der Waals surface area contributed by atoms with Crippen molar-refractivity contribution in [1.82, 2.24) is 4.98 Å². The van der Waals surface area contributed by atoms with E-state index in [9.17, 15) is 8.78 Å². The van der Waals surface area contributed by atoms with Gasteiger partial charge in [0.2, 0.25) is 5.92 Å². The number of hydrogen-bond acceptors (Lipinski definition) is 2. The fraction of sp³-hybridized carbons (Fsp3) is 0.615. The monoisotopic (exact) mass is 240 g/mol. The fourth-order valence-corrected chi connectivity index (χ4v) is 2.72. The molecule has 1 aromatic heterocycles. The molecule has 0 atom stereocenters. The molecule has 0 saturated heterocycles. The van der Waals surface area contributed by atoms with E-state index in [0.717, 1.165) is 11.3 Å². The summed E-state index contributed by atoms with van der Waals surface area (Å²) in [4.78, 5) is 4.24. The fourth-order valence-electron chi connectivity index (χ4n) is 2.72. The van der Waals surface area contributed by atoms with Crippen LogP contribution in [0, 0.1) is 6.92 Å². The van der Waals surface area contributed by atoms with Gasteiger partial charge in [-0.3, -0.25) is 4.98 Å². The number of pyridine rings is 1. The first-order valence-electron chi connectivity index (χ1n) is 5.99. The standard InChI is InChI=1S/C13H18F2N2/c1-10-11(3-2-8-17-10)12(9-16)4-6-13(14,15)7-5-12/h2-3,8H,4-7,9,16H2,1H3. The molecular weight excluding hydrogens is 222 g/mol. The molecule has 1 fully saturated rings. The predicted octanol–water partition coefficient (Wildman–Crippen LogP) is 2.80. The second-order valence-corrected chi connectivity index (χ2v) is 4.98. The molecular formula is C13H18F2N2. The van der Waals surface area contributed by atoms with Gasteiger partial charge in [0.15, 0.2) is 0 Å². The van der Waals surface area contributed by atoms with Crippen LogP contribution in [0.3, 0.4) is 0 Å². The van der Waals surface area contributed by atoms with E-state index in [1.165, 1.54) is 0 Å². The maximum absolute atomic E-state index is 13.2. The molecule has 94 valence electrons. The van der Waals surface area contributed by atoms with Crippen molar-refractivity contribution in [1.29, 1.82) is 0 Å². The Morgan fingerprint density at radius 3 is 2.47 bits per heavy atom. The molecule has 2 N–H and O–H groups in total. The van der Waals surface area contributed by atoms with Crippen LogP contribution in [-0.2, 0) is 5.41 Å². The Balaban J connectivity index is 2.31. The van der Waals surface area contributed by atoms with Gasteiger partial charge in [0.1, 0.15) is 0 Å². The summed E-state index contributed by atoms with van der Waals surface area (Å²) in [6.45, 7) is 2.33. The third kappa shape index (κ3) is 2.32. The molecule has 4 heteroatoms. The van der Waals surface area contributed by atoms with Crippen molar-refractivity contribution in [3.63, 3.8) is 0 Å². The van der Waals surface area contributed by atoms with Gasteiger partial charge in [-0.15, -0.1) is 0 Å². The van der Waals surface area contributed by atoms with E-state index in [4.69, 9.17) is 5.73 Å². The van der Waals surface area contributed by atoms with Crippen molar-refractivity contribution < 1.29 is 8.78 Å². The van der Waals surface area contributed by atoms with Gasteiger partial charge < -0.3 is 5.73 Å². The molecule has 1 aromatic rings. The average molecular weight is 240 g/mol. The first-order chi connectivity index (χ1) is 7.99. The Labute approximate surface area is 100 Å². The second-order valence-electron chi connectivity index (χ2n) is 4.98. The maximum Gasteiger partial charge on any atom is 0.248 e. The molecule has 0 amide bonds. The third-order valence-electron chi connectivity index (χ3n) is 3.91. The summed E-state index contributed by atoms with van der Waals surface area (Å²) in [6.07, 6.45) is 2.48. The van der Waals surface area contributed by atoms with Crippen LogP contribution in [0.4, 0.5) is 8.78 Å². The minimum absolute atomic E-state index is 0.0709. The van der Waals surface area contributed by atoms with Gasteiger partial charge in [0.25, 0.3) is 0 Å². The topological polar surface area (TPSA) is 38.9 Å². The van der Waals surface area contributed by atoms with Gasteiger partial charge in [-0.25, -0.2) is 8.78 Å². The minimum atomic E-state index is -2.52. The first kappa shape index (κ1) is 12.4. The summed E-state index contributed by atoms with van der Waals surface area (Å²) in [5.74, 6) is -2.52. The highest BCUT2D eigenvalue weighted by Crippen LogP contribution is 2.45. The van der Waals surface area contributed by atoms with Crippen molar-refractivity contribution in [2.75, 3.05) is 6.54 Å². The second kappa shape index (κ2) is 4.33. The van der Waals surface area contributed by atoms with Crippen molar-refractivity contribution in [3.8, 4) is 0 Å². The number of hydrogen-bond donors (Lipinski definition) is 1. The van der Waals surface area contributed by atoms with Crippen LogP contribution < -0.4 is 5.73 Å². The summed E-state index contributed by atoms with van der Waals surface area (Å²) in [5, 5.41) is 0. The van der Waals surface area contributed by atoms with E-state index in [-0.39, 0.29) is 18.3 Å². The maximum atomic E-state index is 13.2. The summed E-state index contributed by atoms with van der Waals surface area (Å²) in [6, 6.07) is 3.82. The lowest BCUT2D eigenvalue weighted by atomic mass is 9.68. The molecule has 2 nitrogen and oxygen atoms in total. The molecule has 0 unspecified atom stereocenters. The normalized spacial score (nSPS) is 22.4. The van der Waals surface area contributed by atoms with Gasteiger partial charge in [-0.05, 0) is 31.4 Å². The van der Waals surface area contributed by atoms with Gasteiger partial charge in [0.05, 0.1) is 0 Å². The van der Waals surface area contributed by atoms with Crippen molar-refractivity contribution in [2.24, 2.45) is 5.73 Å². The Bertz CT molecular complexity index is 394. The van der Waals surface area contributed by atoms with E-state index >= 15 is 0 Å². The number of alkyl halides is 2. The zero-order valence-corrected chi connectivity index (χ0v) is 10.0. The van der Waals surface area contributed by atoms with Crippen LogP contribution in [0.25, 0.3) is 0 Å². The van der Waals surface area contributed by atoms with Gasteiger partial charge in [0, 0.05) is 36.7 Å². The highest BCUT2D eigenvalue weighted by Gasteiger charge is 2.44. The van der Waals surface area contributed by atoms with Crippen LogP contribution in [-0.4, -0.2) is 17.5 Å². The Hall–Kier alpha value is -1.03. The lowest BCUT2D eigenvalue weighted by Gasteiger charge is -2.40. The van der Waals surface area contributed by atoms with E-state index in [1.807, 2.05) is 19.1 Å². The Morgan fingerprint density at radius 1 is 1.29 bits per heavy atom. The molecule has 1 saturated carbocycles. The number of aromatic nitrogens is 1. The lowest BCUT2D eigenvalue weighted by molar-refractivity contribution is -0.0510. The van der Waals surface area contributed by atoms with Crippen LogP contribution >= 0.6 is 0 Å². The minimum Gasteiger partial charge on any atom is -0.330 e. The number of nitrogens with two attached hydrogens (primary N) is 1. The molecule has 0 aliphatic heterocycles.